The number of likely N-dealkylation sites (N-methyl/N-ethyl adjacent to an activating group) is 1. The van der Waals surface area contributed by atoms with Crippen molar-refractivity contribution in [3.8, 4) is 0 Å². The molecule has 0 unspecified atom stereocenters. The van der Waals surface area contributed by atoms with Crippen molar-refractivity contribution in [2.24, 2.45) is 0 Å². The maximum Gasteiger partial charge on any atom is 0.410 e. The Morgan fingerprint density at radius 2 is 1.81 bits per heavy atom. The maximum absolute atomic E-state index is 13.1. The molecular weight excluding hydrogens is 344 g/mol. The molecule has 1 aromatic rings. The van der Waals surface area contributed by atoms with Crippen molar-refractivity contribution in [1.29, 1.82) is 0 Å². The van der Waals surface area contributed by atoms with Crippen molar-refractivity contribution in [3.63, 3.8) is 0 Å². The first kappa shape index (κ1) is 21.2. The van der Waals surface area contributed by atoms with Crippen LogP contribution in [0.1, 0.15) is 46.1 Å². The minimum absolute atomic E-state index is 0.00255. The fourth-order valence-electron chi connectivity index (χ4n) is 3.30. The normalized spacial score (nSPS) is 16.4. The molecule has 1 fully saturated rings. The zero-order chi connectivity index (χ0) is 19.9. The Hall–Kier alpha value is -2.08. The molecule has 0 radical (unpaired) electrons. The molecule has 0 saturated carbocycles. The number of carbonyl (C=O) groups is 2. The summed E-state index contributed by atoms with van der Waals surface area (Å²) < 4.78 is 10.9. The smallest absolute Gasteiger partial charge is 0.410 e. The van der Waals surface area contributed by atoms with Crippen LogP contribution in [0.3, 0.4) is 0 Å². The number of hydrogen-bond acceptors (Lipinski definition) is 4. The molecular formula is C21H32N2O4. The number of benzene rings is 1. The number of hydrogen-bond donors (Lipinski definition) is 1. The Bertz CT molecular complexity index is 619. The third-order valence-electron chi connectivity index (χ3n) is 4.81. The Morgan fingerprint density at radius 3 is 2.37 bits per heavy atom. The summed E-state index contributed by atoms with van der Waals surface area (Å²) in [6.45, 7) is 9.90. The van der Waals surface area contributed by atoms with Gasteiger partial charge in [0.15, 0.2) is 0 Å². The molecule has 1 saturated heterocycles. The van der Waals surface area contributed by atoms with Crippen LogP contribution in [0.4, 0.5) is 4.79 Å². The van der Waals surface area contributed by atoms with E-state index < -0.39 is 11.0 Å². The SMILES string of the molecule is CCN(CCNC(=O)C1(c2ccccc2)CCOCC1)C(=O)OC(C)(C)C. The maximum atomic E-state index is 13.1. The summed E-state index contributed by atoms with van der Waals surface area (Å²) in [5.41, 5.74) is -0.0827. The van der Waals surface area contributed by atoms with Gasteiger partial charge in [0.1, 0.15) is 5.60 Å². The monoisotopic (exact) mass is 376 g/mol. The zero-order valence-corrected chi connectivity index (χ0v) is 16.9. The highest BCUT2D eigenvalue weighted by Gasteiger charge is 2.41. The fraction of sp³-hybridized carbons (Fsp3) is 0.619. The van der Waals surface area contributed by atoms with E-state index in [0.717, 1.165) is 5.56 Å². The summed E-state index contributed by atoms with van der Waals surface area (Å²) in [5.74, 6) is -0.00255. The van der Waals surface area contributed by atoms with Crippen LogP contribution in [0.15, 0.2) is 30.3 Å². The van der Waals surface area contributed by atoms with Crippen molar-refractivity contribution in [1.82, 2.24) is 10.2 Å². The number of carbonyl (C=O) groups excluding carboxylic acids is 2. The number of amides is 2. The summed E-state index contributed by atoms with van der Waals surface area (Å²) in [4.78, 5) is 26.9. The van der Waals surface area contributed by atoms with Gasteiger partial charge in [-0.05, 0) is 46.1 Å². The van der Waals surface area contributed by atoms with Crippen LogP contribution in [0, 0.1) is 0 Å². The van der Waals surface area contributed by atoms with E-state index in [1.54, 1.807) is 4.90 Å². The first-order valence-electron chi connectivity index (χ1n) is 9.68. The van der Waals surface area contributed by atoms with Crippen LogP contribution >= 0.6 is 0 Å². The van der Waals surface area contributed by atoms with E-state index in [0.29, 0.717) is 45.7 Å². The van der Waals surface area contributed by atoms with Gasteiger partial charge in [-0.15, -0.1) is 0 Å². The van der Waals surface area contributed by atoms with Crippen LogP contribution < -0.4 is 5.32 Å². The van der Waals surface area contributed by atoms with Gasteiger partial charge in [-0.1, -0.05) is 30.3 Å². The minimum Gasteiger partial charge on any atom is -0.444 e. The van der Waals surface area contributed by atoms with E-state index in [1.807, 2.05) is 58.0 Å². The van der Waals surface area contributed by atoms with Gasteiger partial charge >= 0.3 is 6.09 Å². The molecule has 1 aromatic carbocycles. The van der Waals surface area contributed by atoms with E-state index in [-0.39, 0.29) is 12.0 Å². The first-order valence-corrected chi connectivity index (χ1v) is 9.68. The third-order valence-corrected chi connectivity index (χ3v) is 4.81. The van der Waals surface area contributed by atoms with Gasteiger partial charge < -0.3 is 19.7 Å². The number of ether oxygens (including phenoxy) is 2. The highest BCUT2D eigenvalue weighted by molar-refractivity contribution is 5.88. The van der Waals surface area contributed by atoms with Crippen LogP contribution in [-0.2, 0) is 19.7 Å². The molecule has 6 heteroatoms. The first-order chi connectivity index (χ1) is 12.8. The number of nitrogens with zero attached hydrogens (tertiary/aromatic N) is 1. The standard InChI is InChI=1S/C21H32N2O4/c1-5-23(19(25)27-20(2,3)4)14-13-22-18(24)21(11-15-26-16-12-21)17-9-7-6-8-10-17/h6-10H,5,11-16H2,1-4H3,(H,22,24). The molecule has 0 spiro atoms. The fourth-order valence-corrected chi connectivity index (χ4v) is 3.30. The average Bonchev–Trinajstić information content (AvgIpc) is 2.64. The van der Waals surface area contributed by atoms with E-state index >= 15 is 0 Å². The second-order valence-corrected chi connectivity index (χ2v) is 7.88. The van der Waals surface area contributed by atoms with E-state index in [9.17, 15) is 9.59 Å². The minimum atomic E-state index is -0.567. The van der Waals surface area contributed by atoms with Gasteiger partial charge in [0.2, 0.25) is 5.91 Å². The van der Waals surface area contributed by atoms with Crippen molar-refractivity contribution < 1.29 is 19.1 Å². The molecule has 0 aromatic heterocycles. The van der Waals surface area contributed by atoms with Gasteiger partial charge in [-0.2, -0.15) is 0 Å². The lowest BCUT2D eigenvalue weighted by Crippen LogP contribution is -2.50. The topological polar surface area (TPSA) is 67.9 Å². The molecule has 0 bridgehead atoms. The van der Waals surface area contributed by atoms with Crippen LogP contribution in [-0.4, -0.2) is 55.3 Å². The largest absolute Gasteiger partial charge is 0.444 e. The molecule has 1 aliphatic heterocycles. The lowest BCUT2D eigenvalue weighted by Gasteiger charge is -2.36. The van der Waals surface area contributed by atoms with Gasteiger partial charge in [-0.3, -0.25) is 4.79 Å². The van der Waals surface area contributed by atoms with Crippen molar-refractivity contribution in [2.75, 3.05) is 32.8 Å². The predicted molar refractivity (Wildman–Crippen MR) is 105 cm³/mol. The van der Waals surface area contributed by atoms with E-state index in [4.69, 9.17) is 9.47 Å². The molecule has 6 nitrogen and oxygen atoms in total. The molecule has 2 amide bonds. The Kier molecular flexibility index (Phi) is 7.25. The van der Waals surface area contributed by atoms with Crippen LogP contribution in [0.25, 0.3) is 0 Å². The predicted octanol–water partition coefficient (Wildman–Crippen LogP) is 3.11. The molecule has 27 heavy (non-hydrogen) atoms. The summed E-state index contributed by atoms with van der Waals surface area (Å²) in [7, 11) is 0. The summed E-state index contributed by atoms with van der Waals surface area (Å²) in [6, 6.07) is 9.88. The van der Waals surface area contributed by atoms with Gasteiger partial charge in [0, 0.05) is 32.8 Å². The summed E-state index contributed by atoms with van der Waals surface area (Å²) in [5, 5.41) is 3.03. The third kappa shape index (κ3) is 5.70. The number of nitrogens with one attached hydrogen (secondary N) is 1. The molecule has 1 N–H and O–H groups in total. The second-order valence-electron chi connectivity index (χ2n) is 7.88. The van der Waals surface area contributed by atoms with Crippen molar-refractivity contribution in [2.45, 2.75) is 51.6 Å². The van der Waals surface area contributed by atoms with E-state index in [2.05, 4.69) is 5.32 Å². The average molecular weight is 376 g/mol. The Labute approximate surface area is 162 Å². The molecule has 2 rings (SSSR count). The lowest BCUT2D eigenvalue weighted by atomic mass is 9.73. The molecule has 1 aliphatic rings. The molecule has 0 atom stereocenters. The van der Waals surface area contributed by atoms with E-state index in [1.165, 1.54) is 0 Å². The summed E-state index contributed by atoms with van der Waals surface area (Å²) in [6.07, 6.45) is 0.960. The van der Waals surface area contributed by atoms with Crippen molar-refractivity contribution >= 4 is 12.0 Å². The van der Waals surface area contributed by atoms with Gasteiger partial charge in [0.25, 0.3) is 0 Å². The van der Waals surface area contributed by atoms with Crippen LogP contribution in [0.2, 0.25) is 0 Å². The molecule has 1 heterocycles. The summed E-state index contributed by atoms with van der Waals surface area (Å²) >= 11 is 0. The highest BCUT2D eigenvalue weighted by Crippen LogP contribution is 2.35. The molecule has 0 aliphatic carbocycles. The highest BCUT2D eigenvalue weighted by atomic mass is 16.6. The lowest BCUT2D eigenvalue weighted by molar-refractivity contribution is -0.130. The van der Waals surface area contributed by atoms with Gasteiger partial charge in [0.05, 0.1) is 5.41 Å². The number of rotatable bonds is 6. The van der Waals surface area contributed by atoms with Crippen molar-refractivity contribution in [3.05, 3.63) is 35.9 Å². The van der Waals surface area contributed by atoms with Crippen LogP contribution in [0.5, 0.6) is 0 Å². The Morgan fingerprint density at radius 1 is 1.19 bits per heavy atom. The Balaban J connectivity index is 1.99. The zero-order valence-electron chi connectivity index (χ0n) is 16.9. The second kappa shape index (κ2) is 9.22. The quantitative estimate of drug-likeness (QED) is 0.828. The van der Waals surface area contributed by atoms with Gasteiger partial charge in [-0.25, -0.2) is 4.79 Å². The molecule has 150 valence electrons.